The van der Waals surface area contributed by atoms with Crippen LogP contribution in [0.25, 0.3) is 11.5 Å². The molecule has 0 radical (unpaired) electrons. The number of nitrogens with one attached hydrogen (secondary N) is 1. The molecule has 2 aromatic carbocycles. The van der Waals surface area contributed by atoms with Crippen molar-refractivity contribution in [3.05, 3.63) is 53.6 Å². The van der Waals surface area contributed by atoms with Crippen LogP contribution < -0.4 is 10.2 Å². The first-order valence-electron chi connectivity index (χ1n) is 8.01. The Morgan fingerprint density at radius 2 is 2.07 bits per heavy atom. The number of rotatable bonds is 4. The number of nitrogens with zero attached hydrogens (tertiary/aromatic N) is 3. The van der Waals surface area contributed by atoms with Crippen molar-refractivity contribution in [2.75, 3.05) is 22.5 Å². The number of halogens is 1. The molecule has 2 amide bonds. The molecule has 4 rings (SSSR count). The Morgan fingerprint density at radius 1 is 1.22 bits per heavy atom. The Bertz CT molecular complexity index is 1020. The summed E-state index contributed by atoms with van der Waals surface area (Å²) >= 11 is 7.09. The van der Waals surface area contributed by atoms with Gasteiger partial charge in [-0.15, -0.1) is 10.2 Å². The van der Waals surface area contributed by atoms with Gasteiger partial charge in [0.1, 0.15) is 6.54 Å². The number of aromatic nitrogens is 2. The summed E-state index contributed by atoms with van der Waals surface area (Å²) in [5.74, 6) is -0.0493. The first-order chi connectivity index (χ1) is 13.1. The van der Waals surface area contributed by atoms with Gasteiger partial charge in [0.15, 0.2) is 0 Å². The average Bonchev–Trinajstić information content (AvgIpc) is 3.14. The molecule has 0 bridgehead atoms. The highest BCUT2D eigenvalue weighted by Gasteiger charge is 2.26. The minimum absolute atomic E-state index is 0.0198. The Hall–Kier alpha value is -2.84. The van der Waals surface area contributed by atoms with E-state index in [2.05, 4.69) is 15.5 Å². The van der Waals surface area contributed by atoms with E-state index in [1.165, 1.54) is 4.90 Å². The van der Waals surface area contributed by atoms with Crippen LogP contribution in [0.4, 0.5) is 11.4 Å². The number of amides is 2. The quantitative estimate of drug-likeness (QED) is 0.674. The third-order valence-corrected chi connectivity index (χ3v) is 4.91. The van der Waals surface area contributed by atoms with Gasteiger partial charge in [-0.3, -0.25) is 9.59 Å². The summed E-state index contributed by atoms with van der Waals surface area (Å²) in [6.07, 6.45) is 0. The first-order valence-corrected chi connectivity index (χ1v) is 9.38. The van der Waals surface area contributed by atoms with Gasteiger partial charge in [-0.2, -0.15) is 0 Å². The normalized spacial score (nSPS) is 13.2. The van der Waals surface area contributed by atoms with Crippen molar-refractivity contribution >= 4 is 46.6 Å². The Kier molecular flexibility index (Phi) is 4.83. The van der Waals surface area contributed by atoms with Crippen LogP contribution in [0.1, 0.15) is 0 Å². The highest BCUT2D eigenvalue weighted by atomic mass is 35.5. The summed E-state index contributed by atoms with van der Waals surface area (Å²) in [4.78, 5) is 25.9. The number of hydrogen-bond donors (Lipinski definition) is 1. The summed E-state index contributed by atoms with van der Waals surface area (Å²) in [5, 5.41) is 11.5. The minimum Gasteiger partial charge on any atom is -0.411 e. The van der Waals surface area contributed by atoms with Gasteiger partial charge in [0.25, 0.3) is 5.22 Å². The molecule has 0 unspecified atom stereocenters. The van der Waals surface area contributed by atoms with Crippen LogP contribution in [0.15, 0.2) is 58.2 Å². The molecule has 0 saturated heterocycles. The van der Waals surface area contributed by atoms with Crippen LogP contribution in [0, 0.1) is 0 Å². The molecule has 27 heavy (non-hydrogen) atoms. The molecule has 0 aliphatic carbocycles. The number of carbonyl (C=O) groups excluding carboxylic acids is 2. The van der Waals surface area contributed by atoms with Gasteiger partial charge >= 0.3 is 0 Å². The maximum Gasteiger partial charge on any atom is 0.277 e. The van der Waals surface area contributed by atoms with Crippen LogP contribution in [-0.2, 0) is 9.59 Å². The van der Waals surface area contributed by atoms with Gasteiger partial charge in [-0.05, 0) is 30.3 Å². The monoisotopic (exact) mass is 400 g/mol. The van der Waals surface area contributed by atoms with E-state index in [9.17, 15) is 9.59 Å². The number of thioether (sulfide) groups is 1. The molecule has 3 aromatic rings. The molecule has 1 aromatic heterocycles. The molecule has 2 heterocycles. The van der Waals surface area contributed by atoms with Gasteiger partial charge in [0.2, 0.25) is 17.7 Å². The van der Waals surface area contributed by atoms with Crippen LogP contribution in [-0.4, -0.2) is 34.3 Å². The second-order valence-corrected chi connectivity index (χ2v) is 7.08. The number of fused-ring (bicyclic) bond motifs is 1. The van der Waals surface area contributed by atoms with Crippen molar-refractivity contribution in [3.63, 3.8) is 0 Å². The summed E-state index contributed by atoms with van der Waals surface area (Å²) in [6.45, 7) is -0.0198. The SMILES string of the molecule is O=C1CN(C(=O)CSc2nnc(-c3cccc(Cl)c3)o2)c2ccccc2N1. The molecule has 0 fully saturated rings. The van der Waals surface area contributed by atoms with E-state index in [0.717, 1.165) is 11.8 Å². The average molecular weight is 401 g/mol. The van der Waals surface area contributed by atoms with Crippen LogP contribution in [0.2, 0.25) is 5.02 Å². The van der Waals surface area contributed by atoms with Crippen LogP contribution in [0.5, 0.6) is 0 Å². The zero-order valence-corrected chi connectivity index (χ0v) is 15.5. The zero-order chi connectivity index (χ0) is 18.8. The fourth-order valence-corrected chi connectivity index (χ4v) is 3.49. The lowest BCUT2D eigenvalue weighted by Gasteiger charge is -2.28. The van der Waals surface area contributed by atoms with Gasteiger partial charge in [0.05, 0.1) is 17.1 Å². The predicted octanol–water partition coefficient (Wildman–Crippen LogP) is 3.47. The molecule has 0 spiro atoms. The molecule has 7 nitrogen and oxygen atoms in total. The number of carbonyl (C=O) groups is 2. The van der Waals surface area contributed by atoms with E-state index in [0.29, 0.717) is 27.9 Å². The number of hydrogen-bond acceptors (Lipinski definition) is 6. The first kappa shape index (κ1) is 17.6. The third kappa shape index (κ3) is 3.81. The van der Waals surface area contributed by atoms with Crippen molar-refractivity contribution in [2.45, 2.75) is 5.22 Å². The predicted molar refractivity (Wildman–Crippen MR) is 103 cm³/mol. The molecular formula is C18H13ClN4O3S. The molecule has 0 atom stereocenters. The maximum absolute atomic E-state index is 12.6. The molecule has 136 valence electrons. The second kappa shape index (κ2) is 7.42. The van der Waals surface area contributed by atoms with Crippen molar-refractivity contribution in [1.82, 2.24) is 10.2 Å². The highest BCUT2D eigenvalue weighted by molar-refractivity contribution is 7.99. The molecule has 1 aliphatic heterocycles. The summed E-state index contributed by atoms with van der Waals surface area (Å²) in [6, 6.07) is 14.2. The summed E-state index contributed by atoms with van der Waals surface area (Å²) < 4.78 is 5.59. The highest BCUT2D eigenvalue weighted by Crippen LogP contribution is 2.30. The van der Waals surface area contributed by atoms with Gasteiger partial charge in [0, 0.05) is 10.6 Å². The largest absolute Gasteiger partial charge is 0.411 e. The van der Waals surface area contributed by atoms with E-state index < -0.39 is 0 Å². The third-order valence-electron chi connectivity index (χ3n) is 3.87. The van der Waals surface area contributed by atoms with Crippen molar-refractivity contribution < 1.29 is 14.0 Å². The lowest BCUT2D eigenvalue weighted by molar-refractivity contribution is -0.120. The molecule has 1 aliphatic rings. The fraction of sp³-hybridized carbons (Fsp3) is 0.111. The standard InChI is InChI=1S/C18H13ClN4O3S/c19-12-5-3-4-11(8-12)17-21-22-18(26-17)27-10-16(25)23-9-15(24)20-13-6-1-2-7-14(13)23/h1-8H,9-10H2,(H,20,24). The number of benzene rings is 2. The van der Waals surface area contributed by atoms with Crippen molar-refractivity contribution in [1.29, 1.82) is 0 Å². The van der Waals surface area contributed by atoms with Crippen molar-refractivity contribution in [2.24, 2.45) is 0 Å². The number of para-hydroxylation sites is 2. The maximum atomic E-state index is 12.6. The van der Waals surface area contributed by atoms with Gasteiger partial charge < -0.3 is 14.6 Å². The van der Waals surface area contributed by atoms with E-state index in [1.807, 2.05) is 12.1 Å². The Balaban J connectivity index is 1.45. The van der Waals surface area contributed by atoms with E-state index >= 15 is 0 Å². The van der Waals surface area contributed by atoms with E-state index in [-0.39, 0.29) is 29.3 Å². The lowest BCUT2D eigenvalue weighted by atomic mass is 10.2. The Morgan fingerprint density at radius 3 is 2.93 bits per heavy atom. The van der Waals surface area contributed by atoms with Crippen LogP contribution >= 0.6 is 23.4 Å². The van der Waals surface area contributed by atoms with E-state index in [1.54, 1.807) is 36.4 Å². The van der Waals surface area contributed by atoms with Gasteiger partial charge in [-0.1, -0.05) is 41.6 Å². The van der Waals surface area contributed by atoms with Crippen LogP contribution in [0.3, 0.4) is 0 Å². The second-order valence-electron chi connectivity index (χ2n) is 5.72. The van der Waals surface area contributed by atoms with Gasteiger partial charge in [-0.25, -0.2) is 0 Å². The Labute approximate surface area is 163 Å². The molecular weight excluding hydrogens is 388 g/mol. The zero-order valence-electron chi connectivity index (χ0n) is 13.9. The molecule has 0 saturated carbocycles. The smallest absolute Gasteiger partial charge is 0.277 e. The fourth-order valence-electron chi connectivity index (χ4n) is 2.66. The summed E-state index contributed by atoms with van der Waals surface area (Å²) in [7, 11) is 0. The topological polar surface area (TPSA) is 88.3 Å². The lowest BCUT2D eigenvalue weighted by Crippen LogP contribution is -2.43. The van der Waals surface area contributed by atoms with E-state index in [4.69, 9.17) is 16.0 Å². The number of anilines is 2. The molecule has 1 N–H and O–H groups in total. The molecule has 9 heteroatoms. The minimum atomic E-state index is -0.229. The van der Waals surface area contributed by atoms with Crippen molar-refractivity contribution in [3.8, 4) is 11.5 Å². The summed E-state index contributed by atoms with van der Waals surface area (Å²) in [5.41, 5.74) is 2.00.